The summed E-state index contributed by atoms with van der Waals surface area (Å²) in [5, 5.41) is 4.51. The van der Waals surface area contributed by atoms with E-state index in [9.17, 15) is 0 Å². The first kappa shape index (κ1) is 20.7. The van der Waals surface area contributed by atoms with Crippen molar-refractivity contribution in [2.45, 2.75) is 26.8 Å². The molecule has 3 heterocycles. The minimum atomic E-state index is 0.688. The molecule has 2 aromatic rings. The van der Waals surface area contributed by atoms with E-state index in [2.05, 4.69) is 79.6 Å². The molecule has 7 nitrogen and oxygen atoms in total. The van der Waals surface area contributed by atoms with Crippen LogP contribution in [0.25, 0.3) is 0 Å². The Morgan fingerprint density at radius 3 is 2.60 bits per heavy atom. The molecule has 2 aliphatic heterocycles. The topological polar surface area (TPSA) is 59.9 Å². The van der Waals surface area contributed by atoms with E-state index < -0.39 is 0 Å². The second-order valence-corrected chi connectivity index (χ2v) is 8.27. The molecule has 2 aliphatic rings. The van der Waals surface area contributed by atoms with Crippen molar-refractivity contribution in [3.8, 4) is 0 Å². The predicted molar refractivity (Wildman–Crippen MR) is 126 cm³/mol. The van der Waals surface area contributed by atoms with E-state index in [0.29, 0.717) is 6.54 Å². The van der Waals surface area contributed by atoms with E-state index in [1.807, 2.05) is 0 Å². The van der Waals surface area contributed by atoms with Gasteiger partial charge < -0.3 is 20.0 Å². The smallest absolute Gasteiger partial charge is 0.205 e. The lowest BCUT2D eigenvalue weighted by atomic mass is 10.2. The fourth-order valence-electron chi connectivity index (χ4n) is 3.76. The van der Waals surface area contributed by atoms with Gasteiger partial charge in [-0.3, -0.25) is 0 Å². The van der Waals surface area contributed by atoms with Gasteiger partial charge in [0.25, 0.3) is 0 Å². The van der Waals surface area contributed by atoms with Crippen LogP contribution in [0.5, 0.6) is 0 Å². The third-order valence-corrected chi connectivity index (χ3v) is 6.28. The molecule has 8 heteroatoms. The highest BCUT2D eigenvalue weighted by Crippen LogP contribution is 2.20. The molecule has 160 valence electrons. The molecule has 0 radical (unpaired) electrons. The van der Waals surface area contributed by atoms with Gasteiger partial charge in [-0.1, -0.05) is 31.2 Å². The number of aromatic nitrogens is 2. The summed E-state index contributed by atoms with van der Waals surface area (Å²) < 4.78 is 4.42. The number of hydrogen-bond donors (Lipinski definition) is 1. The third-order valence-electron chi connectivity index (χ3n) is 5.46. The second-order valence-electron chi connectivity index (χ2n) is 7.54. The first-order valence-electron chi connectivity index (χ1n) is 10.9. The molecular formula is C22H31N7S. The number of nitrogens with zero attached hydrogens (tertiary/aromatic N) is 6. The Bertz CT molecular complexity index is 875. The fourth-order valence-corrected chi connectivity index (χ4v) is 4.56. The molecule has 0 amide bonds. The van der Waals surface area contributed by atoms with E-state index in [-0.39, 0.29) is 0 Å². The summed E-state index contributed by atoms with van der Waals surface area (Å²) in [6, 6.07) is 8.75. The van der Waals surface area contributed by atoms with Crippen molar-refractivity contribution in [1.82, 2.24) is 19.6 Å². The van der Waals surface area contributed by atoms with Crippen molar-refractivity contribution in [3.05, 3.63) is 47.8 Å². The van der Waals surface area contributed by atoms with Crippen molar-refractivity contribution in [2.24, 2.45) is 4.99 Å². The van der Waals surface area contributed by atoms with Crippen LogP contribution >= 0.6 is 11.5 Å². The van der Waals surface area contributed by atoms with Crippen LogP contribution in [0.1, 0.15) is 25.2 Å². The first-order valence-corrected chi connectivity index (χ1v) is 11.6. The van der Waals surface area contributed by atoms with Gasteiger partial charge >= 0.3 is 0 Å². The van der Waals surface area contributed by atoms with Gasteiger partial charge in [0.2, 0.25) is 5.13 Å². The van der Waals surface area contributed by atoms with Crippen LogP contribution in [0.15, 0.2) is 41.4 Å². The average Bonchev–Trinajstić information content (AvgIpc) is 3.49. The third kappa shape index (κ3) is 4.92. The van der Waals surface area contributed by atoms with Gasteiger partial charge in [0, 0.05) is 69.5 Å². The molecule has 0 saturated carbocycles. The lowest BCUT2D eigenvalue weighted by Gasteiger charge is -2.36. The molecule has 0 aliphatic carbocycles. The molecule has 4 rings (SSSR count). The van der Waals surface area contributed by atoms with Crippen LogP contribution in [-0.2, 0) is 13.0 Å². The number of aliphatic imine (C=N–C) groups is 1. The molecule has 1 aromatic heterocycles. The van der Waals surface area contributed by atoms with Gasteiger partial charge in [0.1, 0.15) is 5.82 Å². The van der Waals surface area contributed by atoms with E-state index >= 15 is 0 Å². The fraction of sp³-hybridized carbons (Fsp3) is 0.500. The van der Waals surface area contributed by atoms with Crippen molar-refractivity contribution in [1.29, 1.82) is 0 Å². The number of hydrogen-bond acceptors (Lipinski definition) is 6. The minimum Gasteiger partial charge on any atom is -0.364 e. The van der Waals surface area contributed by atoms with E-state index in [0.717, 1.165) is 69.1 Å². The molecule has 1 fully saturated rings. The van der Waals surface area contributed by atoms with Crippen molar-refractivity contribution >= 4 is 28.3 Å². The lowest BCUT2D eigenvalue weighted by molar-refractivity contribution is 0.372. The largest absolute Gasteiger partial charge is 0.364 e. The van der Waals surface area contributed by atoms with Crippen LogP contribution in [0.2, 0.25) is 0 Å². The average molecular weight is 426 g/mol. The van der Waals surface area contributed by atoms with Gasteiger partial charge in [-0.05, 0) is 24.6 Å². The number of benzene rings is 1. The van der Waals surface area contributed by atoms with Crippen molar-refractivity contribution < 1.29 is 0 Å². The quantitative estimate of drug-likeness (QED) is 0.436. The Labute approximate surface area is 183 Å². The van der Waals surface area contributed by atoms with E-state index in [4.69, 9.17) is 4.99 Å². The number of guanidine groups is 1. The second kappa shape index (κ2) is 9.93. The Kier molecular flexibility index (Phi) is 6.84. The Morgan fingerprint density at radius 1 is 1.10 bits per heavy atom. The number of anilines is 2. The molecule has 30 heavy (non-hydrogen) atoms. The number of aryl methyl sites for hydroxylation is 1. The molecule has 1 N–H and O–H groups in total. The number of rotatable bonds is 6. The number of nitrogens with one attached hydrogen (secondary N) is 1. The molecule has 0 unspecified atom stereocenters. The molecule has 0 spiro atoms. The van der Waals surface area contributed by atoms with Gasteiger partial charge in [-0.2, -0.15) is 4.37 Å². The van der Waals surface area contributed by atoms with Gasteiger partial charge in [-0.25, -0.2) is 9.98 Å². The van der Waals surface area contributed by atoms with Crippen LogP contribution < -0.4 is 15.1 Å². The number of piperazine rings is 1. The van der Waals surface area contributed by atoms with Crippen molar-refractivity contribution in [2.75, 3.05) is 55.6 Å². The Hall–Kier alpha value is -2.61. The summed E-state index contributed by atoms with van der Waals surface area (Å²) in [5.41, 5.74) is 2.52. The zero-order valence-corrected chi connectivity index (χ0v) is 18.7. The molecule has 1 aromatic carbocycles. The summed E-state index contributed by atoms with van der Waals surface area (Å²) >= 11 is 1.51. The maximum absolute atomic E-state index is 4.94. The van der Waals surface area contributed by atoms with Gasteiger partial charge in [0.15, 0.2) is 5.96 Å². The zero-order valence-electron chi connectivity index (χ0n) is 17.9. The van der Waals surface area contributed by atoms with Crippen LogP contribution in [0.3, 0.4) is 0 Å². The summed E-state index contributed by atoms with van der Waals surface area (Å²) in [4.78, 5) is 16.6. The van der Waals surface area contributed by atoms with Crippen LogP contribution in [0.4, 0.5) is 10.8 Å². The maximum Gasteiger partial charge on any atom is 0.205 e. The van der Waals surface area contributed by atoms with E-state index in [1.54, 1.807) is 0 Å². The summed E-state index contributed by atoms with van der Waals surface area (Å²) in [5.74, 6) is 1.94. The maximum atomic E-state index is 4.94. The zero-order chi connectivity index (χ0) is 20.8. The highest BCUT2D eigenvalue weighted by Gasteiger charge is 2.22. The summed E-state index contributed by atoms with van der Waals surface area (Å²) in [7, 11) is 0. The van der Waals surface area contributed by atoms with E-state index in [1.165, 1.54) is 22.8 Å². The Balaban J connectivity index is 1.38. The molecule has 0 bridgehead atoms. The normalized spacial score (nSPS) is 17.1. The standard InChI is InChI=1S/C22H31N7S/c1-3-20-25-22(30-26-20)29-14-12-28(13-15-29)21(23-4-2)24-17-18-8-7-9-19(16-18)27-10-5-6-11-27/h5-9,16H,3-4,10-15,17H2,1-2H3,(H,23,24). The lowest BCUT2D eigenvalue weighted by Crippen LogP contribution is -2.52. The summed E-state index contributed by atoms with van der Waals surface area (Å²) in [6.07, 6.45) is 5.33. The highest BCUT2D eigenvalue weighted by molar-refractivity contribution is 7.09. The van der Waals surface area contributed by atoms with Crippen LogP contribution in [-0.4, -0.2) is 66.0 Å². The molecule has 1 saturated heterocycles. The van der Waals surface area contributed by atoms with Crippen LogP contribution in [0, 0.1) is 0 Å². The van der Waals surface area contributed by atoms with Gasteiger partial charge in [0.05, 0.1) is 6.54 Å². The molecule has 0 atom stereocenters. The predicted octanol–water partition coefficient (Wildman–Crippen LogP) is 2.76. The Morgan fingerprint density at radius 2 is 1.90 bits per heavy atom. The van der Waals surface area contributed by atoms with Gasteiger partial charge in [-0.15, -0.1) is 0 Å². The SMILES string of the molecule is CCNC(=NCc1cccc(N2CC=CC2)c1)N1CCN(c2nc(CC)ns2)CC1. The summed E-state index contributed by atoms with van der Waals surface area (Å²) in [6.45, 7) is 11.5. The first-order chi connectivity index (χ1) is 14.8. The monoisotopic (exact) mass is 425 g/mol. The highest BCUT2D eigenvalue weighted by atomic mass is 32.1. The minimum absolute atomic E-state index is 0.688. The van der Waals surface area contributed by atoms with Crippen molar-refractivity contribution in [3.63, 3.8) is 0 Å². The molecular weight excluding hydrogens is 394 g/mol.